The minimum Gasteiger partial charge on any atom is -0.353 e. The van der Waals surface area contributed by atoms with Gasteiger partial charge in [-0.3, -0.25) is 4.79 Å². The number of rotatable bonds is 3. The highest BCUT2D eigenvalue weighted by atomic mass is 32.1. The van der Waals surface area contributed by atoms with Crippen LogP contribution < -0.4 is 4.90 Å². The Morgan fingerprint density at radius 2 is 1.71 bits per heavy atom. The fourth-order valence-corrected chi connectivity index (χ4v) is 4.00. The highest BCUT2D eigenvalue weighted by molar-refractivity contribution is 7.07. The summed E-state index contributed by atoms with van der Waals surface area (Å²) in [6.45, 7) is 10.4. The van der Waals surface area contributed by atoms with E-state index in [9.17, 15) is 4.79 Å². The van der Waals surface area contributed by atoms with Gasteiger partial charge in [-0.2, -0.15) is 5.10 Å². The Hall–Kier alpha value is -2.88. The molecule has 3 aromatic heterocycles. The van der Waals surface area contributed by atoms with Gasteiger partial charge in [-0.1, -0.05) is 4.49 Å². The molecule has 0 aliphatic carbocycles. The van der Waals surface area contributed by atoms with Gasteiger partial charge in [0.15, 0.2) is 5.82 Å². The van der Waals surface area contributed by atoms with Crippen molar-refractivity contribution in [2.75, 3.05) is 31.1 Å². The van der Waals surface area contributed by atoms with Crippen LogP contribution in [-0.2, 0) is 0 Å². The van der Waals surface area contributed by atoms with E-state index in [1.54, 1.807) is 0 Å². The summed E-state index contributed by atoms with van der Waals surface area (Å²) in [4.78, 5) is 26.5. The van der Waals surface area contributed by atoms with E-state index in [0.29, 0.717) is 42.6 Å². The number of carbonyl (C=O) groups excluding carboxylic acids is 1. The summed E-state index contributed by atoms with van der Waals surface area (Å²) < 4.78 is 5.71. The third-order valence-electron chi connectivity index (χ3n) is 4.77. The molecule has 1 saturated heterocycles. The monoisotopic (exact) mass is 398 g/mol. The number of amides is 1. The number of hydrogen-bond acceptors (Lipinski definition) is 8. The predicted molar refractivity (Wildman–Crippen MR) is 106 cm³/mol. The van der Waals surface area contributed by atoms with Crippen LogP contribution in [-0.4, -0.2) is 66.3 Å². The van der Waals surface area contributed by atoms with Crippen molar-refractivity contribution in [1.82, 2.24) is 34.2 Å². The Morgan fingerprint density at radius 1 is 1.00 bits per heavy atom. The largest absolute Gasteiger partial charge is 0.353 e. The normalized spacial score (nSPS) is 14.6. The lowest BCUT2D eigenvalue weighted by molar-refractivity contribution is 0.0750. The molecule has 1 aliphatic heterocycles. The lowest BCUT2D eigenvalue weighted by atomic mass is 10.2. The second-order valence-electron chi connectivity index (χ2n) is 6.94. The molecule has 0 bridgehead atoms. The summed E-state index contributed by atoms with van der Waals surface area (Å²) in [7, 11) is 0. The van der Waals surface area contributed by atoms with Gasteiger partial charge in [0.1, 0.15) is 16.5 Å². The Balaban J connectivity index is 1.51. The molecular weight excluding hydrogens is 376 g/mol. The van der Waals surface area contributed by atoms with E-state index in [2.05, 4.69) is 29.6 Å². The van der Waals surface area contributed by atoms with Crippen molar-refractivity contribution >= 4 is 23.3 Å². The summed E-state index contributed by atoms with van der Waals surface area (Å²) in [5, 5.41) is 8.46. The van der Waals surface area contributed by atoms with E-state index in [1.165, 1.54) is 0 Å². The molecule has 4 heterocycles. The molecule has 0 spiro atoms. The van der Waals surface area contributed by atoms with Gasteiger partial charge in [0.05, 0.1) is 11.4 Å². The van der Waals surface area contributed by atoms with Crippen molar-refractivity contribution < 1.29 is 4.79 Å². The van der Waals surface area contributed by atoms with Gasteiger partial charge in [-0.25, -0.2) is 14.6 Å². The van der Waals surface area contributed by atoms with Crippen LogP contribution in [0.4, 0.5) is 5.82 Å². The number of hydrogen-bond donors (Lipinski definition) is 0. The predicted octanol–water partition coefficient (Wildman–Crippen LogP) is 1.71. The second-order valence-corrected chi connectivity index (χ2v) is 7.69. The summed E-state index contributed by atoms with van der Waals surface area (Å²) in [5.41, 5.74) is 2.68. The number of aryl methyl sites for hydroxylation is 4. The molecular formula is C18H22N8OS. The van der Waals surface area contributed by atoms with Gasteiger partial charge < -0.3 is 9.80 Å². The van der Waals surface area contributed by atoms with E-state index in [-0.39, 0.29) is 5.91 Å². The van der Waals surface area contributed by atoms with Gasteiger partial charge in [0.2, 0.25) is 0 Å². The van der Waals surface area contributed by atoms with Gasteiger partial charge in [-0.15, -0.1) is 5.10 Å². The first-order valence-corrected chi connectivity index (χ1v) is 9.92. The Labute approximate surface area is 167 Å². The minimum absolute atomic E-state index is 0.00866. The molecule has 0 radical (unpaired) electrons. The quantitative estimate of drug-likeness (QED) is 0.663. The maximum absolute atomic E-state index is 12.7. The van der Waals surface area contributed by atoms with E-state index in [0.717, 1.165) is 34.6 Å². The molecule has 3 aromatic rings. The number of nitrogens with zero attached hydrogens (tertiary/aromatic N) is 8. The van der Waals surface area contributed by atoms with Crippen molar-refractivity contribution in [2.45, 2.75) is 27.7 Å². The average molecular weight is 398 g/mol. The molecule has 10 heteroatoms. The Kier molecular flexibility index (Phi) is 4.80. The van der Waals surface area contributed by atoms with Crippen LogP contribution in [0, 0.1) is 27.7 Å². The topological polar surface area (TPSA) is 92.9 Å². The van der Waals surface area contributed by atoms with Crippen molar-refractivity contribution in [1.29, 1.82) is 0 Å². The van der Waals surface area contributed by atoms with E-state index in [1.807, 2.05) is 49.4 Å². The highest BCUT2D eigenvalue weighted by Crippen LogP contribution is 2.20. The molecule has 1 fully saturated rings. The van der Waals surface area contributed by atoms with Crippen molar-refractivity contribution in [3.63, 3.8) is 0 Å². The number of aromatic nitrogens is 6. The second kappa shape index (κ2) is 7.27. The van der Waals surface area contributed by atoms with E-state index in [4.69, 9.17) is 0 Å². The first kappa shape index (κ1) is 18.5. The van der Waals surface area contributed by atoms with Crippen LogP contribution in [0.3, 0.4) is 0 Å². The Bertz CT molecular complexity index is 1020. The third-order valence-corrected chi connectivity index (χ3v) is 5.59. The lowest BCUT2D eigenvalue weighted by Crippen LogP contribution is -2.49. The van der Waals surface area contributed by atoms with Gasteiger partial charge in [0, 0.05) is 37.9 Å². The summed E-state index contributed by atoms with van der Waals surface area (Å²) >= 11 is 1.16. The molecule has 9 nitrogen and oxygen atoms in total. The van der Waals surface area contributed by atoms with Gasteiger partial charge in [-0.05, 0) is 45.3 Å². The zero-order valence-electron chi connectivity index (χ0n) is 16.4. The first-order valence-electron chi connectivity index (χ1n) is 9.15. The van der Waals surface area contributed by atoms with Gasteiger partial charge >= 0.3 is 0 Å². The fraction of sp³-hybridized carbons (Fsp3) is 0.444. The fourth-order valence-electron chi connectivity index (χ4n) is 3.38. The van der Waals surface area contributed by atoms with Crippen LogP contribution in [0.15, 0.2) is 12.1 Å². The first-order chi connectivity index (χ1) is 13.4. The smallest absolute Gasteiger partial charge is 0.267 e. The lowest BCUT2D eigenvalue weighted by Gasteiger charge is -2.35. The number of anilines is 1. The van der Waals surface area contributed by atoms with Crippen LogP contribution in [0.2, 0.25) is 0 Å². The molecule has 28 heavy (non-hydrogen) atoms. The minimum atomic E-state index is 0.00866. The number of piperazine rings is 1. The van der Waals surface area contributed by atoms with Crippen LogP contribution in [0.25, 0.3) is 5.82 Å². The molecule has 0 atom stereocenters. The van der Waals surface area contributed by atoms with Crippen molar-refractivity contribution in [2.24, 2.45) is 0 Å². The standard InChI is InChI=1S/C18H22N8OS/c1-11-9-12(2)26(22-11)16-10-15(19-14(4)20-16)24-5-7-25(8-6-24)18(27)17-13(3)21-23-28-17/h9-10H,5-8H2,1-4H3. The molecule has 1 amide bonds. The maximum Gasteiger partial charge on any atom is 0.267 e. The molecule has 1 aliphatic rings. The molecule has 4 rings (SSSR count). The highest BCUT2D eigenvalue weighted by Gasteiger charge is 2.26. The van der Waals surface area contributed by atoms with E-state index >= 15 is 0 Å². The summed E-state index contributed by atoms with van der Waals surface area (Å²) in [6.07, 6.45) is 0. The molecule has 0 unspecified atom stereocenters. The molecule has 0 aromatic carbocycles. The third kappa shape index (κ3) is 3.47. The van der Waals surface area contributed by atoms with Crippen molar-refractivity contribution in [3.8, 4) is 5.82 Å². The summed E-state index contributed by atoms with van der Waals surface area (Å²) in [6, 6.07) is 3.99. The molecule has 146 valence electrons. The van der Waals surface area contributed by atoms with Crippen LogP contribution in [0.5, 0.6) is 0 Å². The molecule has 0 saturated carbocycles. The SMILES string of the molecule is Cc1cc(C)n(-c2cc(N3CCN(C(=O)c4snnc4C)CC3)nc(C)n2)n1. The Morgan fingerprint density at radius 3 is 2.32 bits per heavy atom. The zero-order chi connectivity index (χ0) is 19.8. The van der Waals surface area contributed by atoms with Crippen molar-refractivity contribution in [3.05, 3.63) is 39.9 Å². The maximum atomic E-state index is 12.7. The van der Waals surface area contributed by atoms with Gasteiger partial charge in [0.25, 0.3) is 5.91 Å². The zero-order valence-corrected chi connectivity index (χ0v) is 17.2. The summed E-state index contributed by atoms with van der Waals surface area (Å²) in [5.74, 6) is 2.33. The van der Waals surface area contributed by atoms with Crippen LogP contribution >= 0.6 is 11.5 Å². The molecule has 0 N–H and O–H groups in total. The van der Waals surface area contributed by atoms with E-state index < -0.39 is 0 Å². The average Bonchev–Trinajstić information content (AvgIpc) is 3.25. The number of carbonyl (C=O) groups is 1. The van der Waals surface area contributed by atoms with Crippen LogP contribution in [0.1, 0.15) is 32.6 Å².